The molecule has 0 spiro atoms. The summed E-state index contributed by atoms with van der Waals surface area (Å²) in [7, 11) is -9.90. The smallest absolute Gasteiger partial charge is 0.462 e. The number of phosphoric acid groups is 2. The summed E-state index contributed by atoms with van der Waals surface area (Å²) in [4.78, 5) is 72.5. The van der Waals surface area contributed by atoms with Gasteiger partial charge >= 0.3 is 39.5 Å². The van der Waals surface area contributed by atoms with Gasteiger partial charge < -0.3 is 33.8 Å². The molecule has 2 unspecified atom stereocenters. The molecule has 0 heterocycles. The van der Waals surface area contributed by atoms with Crippen LogP contribution in [-0.4, -0.2) is 96.7 Å². The minimum Gasteiger partial charge on any atom is -0.462 e. The maximum atomic E-state index is 13.0. The minimum absolute atomic E-state index is 0.105. The van der Waals surface area contributed by atoms with Crippen molar-refractivity contribution in [3.8, 4) is 0 Å². The molecule has 17 nitrogen and oxygen atoms in total. The van der Waals surface area contributed by atoms with Gasteiger partial charge in [0.25, 0.3) is 0 Å². The molecule has 0 aliphatic carbocycles. The Labute approximate surface area is 549 Å². The SMILES string of the molecule is CCCCCCCCCCCCCCCC(=O)OC[C@H](COP(=O)(O)OC[C@@H](O)COP(=O)(O)OC[C@@H](COC(=O)CCCCCCCCCCC)OC(=O)CCCCCCCCCCCC(C)C)OC(=O)CCCCCCCCCCCCCCCC(C)C. The fraction of sp³-hybridized carbons (Fsp3) is 0.944. The zero-order valence-electron chi connectivity index (χ0n) is 58.4. The van der Waals surface area contributed by atoms with Gasteiger partial charge in [0.15, 0.2) is 12.2 Å². The van der Waals surface area contributed by atoms with E-state index in [9.17, 15) is 43.2 Å². The van der Waals surface area contributed by atoms with Crippen molar-refractivity contribution in [1.82, 2.24) is 0 Å². The average Bonchev–Trinajstić information content (AvgIpc) is 3.47. The van der Waals surface area contributed by atoms with E-state index >= 15 is 0 Å². The Kier molecular flexibility index (Phi) is 61.8. The van der Waals surface area contributed by atoms with E-state index < -0.39 is 97.5 Å². The zero-order valence-corrected chi connectivity index (χ0v) is 60.2. The fourth-order valence-corrected chi connectivity index (χ4v) is 12.3. The lowest BCUT2D eigenvalue weighted by Gasteiger charge is -2.21. The van der Waals surface area contributed by atoms with Crippen molar-refractivity contribution in [2.45, 2.75) is 381 Å². The van der Waals surface area contributed by atoms with E-state index in [2.05, 4.69) is 41.5 Å². The first-order chi connectivity index (χ1) is 43.4. The number of hydrogen-bond donors (Lipinski definition) is 3. The number of aliphatic hydroxyl groups is 1. The molecule has 0 aromatic heterocycles. The summed E-state index contributed by atoms with van der Waals surface area (Å²) in [6, 6.07) is 0. The molecule has 3 N–H and O–H groups in total. The van der Waals surface area contributed by atoms with E-state index in [0.29, 0.717) is 25.7 Å². The molecule has 0 radical (unpaired) electrons. The largest absolute Gasteiger partial charge is 0.472 e. The van der Waals surface area contributed by atoms with E-state index in [1.165, 1.54) is 180 Å². The molecule has 0 saturated heterocycles. The Morgan fingerprint density at radius 3 is 0.756 bits per heavy atom. The number of ether oxygens (including phenoxy) is 4. The number of rotatable bonds is 70. The topological polar surface area (TPSA) is 237 Å². The van der Waals surface area contributed by atoms with Crippen LogP contribution in [-0.2, 0) is 65.4 Å². The molecule has 534 valence electrons. The van der Waals surface area contributed by atoms with Crippen molar-refractivity contribution < 1.29 is 80.2 Å². The van der Waals surface area contributed by atoms with Crippen LogP contribution >= 0.6 is 15.6 Å². The zero-order chi connectivity index (χ0) is 66.5. The number of carbonyl (C=O) groups is 4. The lowest BCUT2D eigenvalue weighted by atomic mass is 10.0. The van der Waals surface area contributed by atoms with Gasteiger partial charge in [0.2, 0.25) is 0 Å². The second-order valence-electron chi connectivity index (χ2n) is 26.6. The van der Waals surface area contributed by atoms with Crippen molar-refractivity contribution in [1.29, 1.82) is 0 Å². The predicted molar refractivity (Wildman–Crippen MR) is 363 cm³/mol. The van der Waals surface area contributed by atoms with Crippen LogP contribution in [0.15, 0.2) is 0 Å². The number of esters is 4. The summed E-state index contributed by atoms with van der Waals surface area (Å²) in [5, 5.41) is 10.6. The van der Waals surface area contributed by atoms with E-state index in [-0.39, 0.29) is 25.7 Å². The highest BCUT2D eigenvalue weighted by atomic mass is 31.2. The maximum Gasteiger partial charge on any atom is 0.472 e. The summed E-state index contributed by atoms with van der Waals surface area (Å²) < 4.78 is 68.3. The Balaban J connectivity index is 5.24. The maximum absolute atomic E-state index is 13.0. The Morgan fingerprint density at radius 1 is 0.300 bits per heavy atom. The summed E-state index contributed by atoms with van der Waals surface area (Å²) in [6.45, 7) is 9.54. The minimum atomic E-state index is -4.95. The molecule has 0 aromatic carbocycles. The summed E-state index contributed by atoms with van der Waals surface area (Å²) >= 11 is 0. The Hall–Kier alpha value is -1.94. The highest BCUT2D eigenvalue weighted by molar-refractivity contribution is 7.47. The number of aliphatic hydroxyl groups excluding tert-OH is 1. The Bertz CT molecular complexity index is 1750. The molecule has 0 aliphatic rings. The molecule has 0 fully saturated rings. The van der Waals surface area contributed by atoms with Gasteiger partial charge in [0, 0.05) is 25.7 Å². The first kappa shape index (κ1) is 88.1. The monoisotopic (exact) mass is 1320 g/mol. The van der Waals surface area contributed by atoms with Gasteiger partial charge in [-0.15, -0.1) is 0 Å². The standard InChI is InChI=1S/C71H138O17P2/c1-7-9-11-13-15-17-18-20-24-30-36-42-48-54-69(74)82-60-67(87-70(75)55-49-43-37-31-25-22-19-21-23-28-33-39-45-51-63(3)4)62-86-90(79,80)84-58-65(72)57-83-89(77,78)85-61-66(59-81-68(73)53-47-41-35-27-16-14-12-10-8-2)88-71(76)56-50-44-38-32-26-29-34-40-46-52-64(5)6/h63-67,72H,7-62H2,1-6H3,(H,77,78)(H,79,80)/t65-,66+,67+/m0/s1. The first-order valence-corrected chi connectivity index (χ1v) is 40.0. The predicted octanol–water partition coefficient (Wildman–Crippen LogP) is 20.4. The van der Waals surface area contributed by atoms with Crippen LogP contribution in [0.25, 0.3) is 0 Å². The quantitative estimate of drug-likeness (QED) is 0.0222. The third-order valence-corrected chi connectivity index (χ3v) is 18.4. The molecular formula is C71H138O17P2. The molecule has 0 bridgehead atoms. The molecule has 0 aliphatic heterocycles. The van der Waals surface area contributed by atoms with Gasteiger partial charge in [-0.3, -0.25) is 37.3 Å². The van der Waals surface area contributed by atoms with Crippen molar-refractivity contribution >= 4 is 39.5 Å². The molecule has 19 heteroatoms. The fourth-order valence-electron chi connectivity index (χ4n) is 10.8. The van der Waals surface area contributed by atoms with Gasteiger partial charge in [-0.05, 0) is 37.5 Å². The Morgan fingerprint density at radius 2 is 0.511 bits per heavy atom. The summed E-state index contributed by atoms with van der Waals surface area (Å²) in [6.07, 6.45) is 48.5. The average molecular weight is 1330 g/mol. The molecule has 5 atom stereocenters. The van der Waals surface area contributed by atoms with E-state index in [0.717, 1.165) is 102 Å². The van der Waals surface area contributed by atoms with E-state index in [1.54, 1.807) is 0 Å². The second kappa shape index (κ2) is 63.1. The van der Waals surface area contributed by atoms with Crippen molar-refractivity contribution in [2.24, 2.45) is 11.8 Å². The lowest BCUT2D eigenvalue weighted by Crippen LogP contribution is -2.30. The first-order valence-electron chi connectivity index (χ1n) is 37.0. The number of carbonyl (C=O) groups excluding carboxylic acids is 4. The van der Waals surface area contributed by atoms with Crippen LogP contribution < -0.4 is 0 Å². The molecule has 0 aromatic rings. The molecule has 0 rings (SSSR count). The third-order valence-electron chi connectivity index (χ3n) is 16.5. The highest BCUT2D eigenvalue weighted by Gasteiger charge is 2.30. The molecular weight excluding hydrogens is 1190 g/mol. The highest BCUT2D eigenvalue weighted by Crippen LogP contribution is 2.45. The van der Waals surface area contributed by atoms with Crippen molar-refractivity contribution in [3.63, 3.8) is 0 Å². The van der Waals surface area contributed by atoms with Crippen LogP contribution in [0.5, 0.6) is 0 Å². The summed E-state index contributed by atoms with van der Waals surface area (Å²) in [5.74, 6) is -0.600. The normalized spacial score (nSPS) is 14.1. The van der Waals surface area contributed by atoms with Crippen molar-refractivity contribution in [2.75, 3.05) is 39.6 Å². The number of unbranched alkanes of at least 4 members (excludes halogenated alkanes) is 40. The molecule has 90 heavy (non-hydrogen) atoms. The van der Waals surface area contributed by atoms with Gasteiger partial charge in [0.05, 0.1) is 26.4 Å². The molecule has 0 amide bonds. The molecule has 0 saturated carbocycles. The van der Waals surface area contributed by atoms with Gasteiger partial charge in [-0.2, -0.15) is 0 Å². The second-order valence-corrected chi connectivity index (χ2v) is 29.5. The number of hydrogen-bond acceptors (Lipinski definition) is 15. The van der Waals surface area contributed by atoms with Crippen LogP contribution in [0.2, 0.25) is 0 Å². The van der Waals surface area contributed by atoms with Crippen molar-refractivity contribution in [3.05, 3.63) is 0 Å². The van der Waals surface area contributed by atoms with Crippen LogP contribution in [0, 0.1) is 11.8 Å². The van der Waals surface area contributed by atoms with Gasteiger partial charge in [0.1, 0.15) is 19.3 Å². The van der Waals surface area contributed by atoms with Gasteiger partial charge in [-0.25, -0.2) is 9.13 Å². The van der Waals surface area contributed by atoms with Crippen LogP contribution in [0.4, 0.5) is 0 Å². The van der Waals surface area contributed by atoms with Crippen LogP contribution in [0.3, 0.4) is 0 Å². The summed E-state index contributed by atoms with van der Waals surface area (Å²) in [5.41, 5.74) is 0. The van der Waals surface area contributed by atoms with Crippen LogP contribution in [0.1, 0.15) is 363 Å². The lowest BCUT2D eigenvalue weighted by molar-refractivity contribution is -0.161. The third kappa shape index (κ3) is 64.8. The number of phosphoric ester groups is 2. The van der Waals surface area contributed by atoms with Gasteiger partial charge in [-0.1, -0.05) is 311 Å². The van der Waals surface area contributed by atoms with E-state index in [4.69, 9.17) is 37.0 Å². The van der Waals surface area contributed by atoms with E-state index in [1.807, 2.05) is 0 Å².